The van der Waals surface area contributed by atoms with Crippen molar-refractivity contribution in [2.45, 2.75) is 77.2 Å². The molecule has 1 aliphatic carbocycles. The van der Waals surface area contributed by atoms with E-state index in [-0.39, 0.29) is 43.6 Å². The van der Waals surface area contributed by atoms with E-state index in [1.165, 1.54) is 4.90 Å². The van der Waals surface area contributed by atoms with Crippen LogP contribution in [0, 0.1) is 17.0 Å². The van der Waals surface area contributed by atoms with Crippen LogP contribution in [0.4, 0.5) is 8.78 Å². The molecule has 276 valence electrons. The van der Waals surface area contributed by atoms with Gasteiger partial charge in [0.25, 0.3) is 0 Å². The Morgan fingerprint density at radius 3 is 2.20 bits per heavy atom. The van der Waals surface area contributed by atoms with E-state index in [0.717, 1.165) is 23.8 Å². The van der Waals surface area contributed by atoms with Crippen LogP contribution in [0.2, 0.25) is 0 Å². The molecule has 2 amide bonds. The number of carboxylic acid groups (broad SMARTS) is 2. The molecule has 1 aromatic heterocycles. The van der Waals surface area contributed by atoms with E-state index in [2.05, 4.69) is 5.32 Å². The Labute approximate surface area is 294 Å². The number of benzene rings is 2. The van der Waals surface area contributed by atoms with Crippen molar-refractivity contribution in [2.75, 3.05) is 13.2 Å². The molecule has 0 saturated heterocycles. The van der Waals surface area contributed by atoms with Gasteiger partial charge in [0.15, 0.2) is 5.78 Å². The number of aliphatic hydroxyl groups excluding tert-OH is 1. The van der Waals surface area contributed by atoms with Crippen LogP contribution in [0.3, 0.4) is 0 Å². The van der Waals surface area contributed by atoms with Crippen molar-refractivity contribution in [3.8, 4) is 11.1 Å². The number of Topliss-reactive ketones (excluding diaryl/α,β-unsaturated/α-hetero) is 1. The lowest BCUT2D eigenvalue weighted by Crippen LogP contribution is -2.48. The van der Waals surface area contributed by atoms with Gasteiger partial charge in [-0.25, -0.2) is 8.78 Å². The first-order chi connectivity index (χ1) is 23.9. The molecule has 3 aromatic rings. The summed E-state index contributed by atoms with van der Waals surface area (Å²) >= 11 is 0. The first-order valence-corrected chi connectivity index (χ1v) is 16.3. The van der Waals surface area contributed by atoms with E-state index in [1.54, 1.807) is 12.3 Å². The van der Waals surface area contributed by atoms with Gasteiger partial charge < -0.3 is 41.6 Å². The number of hydrogen-bond donors (Lipinski definition) is 6. The van der Waals surface area contributed by atoms with E-state index in [1.807, 2.05) is 55.7 Å². The number of hydrogen-bond acceptors (Lipinski definition) is 8. The Kier molecular flexibility index (Phi) is 14.1. The van der Waals surface area contributed by atoms with Crippen molar-refractivity contribution in [3.05, 3.63) is 83.7 Å². The highest BCUT2D eigenvalue weighted by Gasteiger charge is 2.39. The molecule has 1 aliphatic rings. The van der Waals surface area contributed by atoms with Crippen molar-refractivity contribution in [1.29, 1.82) is 0 Å². The number of aliphatic hydroxyl groups is 1. The Hall–Kier alpha value is -4.99. The van der Waals surface area contributed by atoms with Crippen LogP contribution in [0.5, 0.6) is 0 Å². The van der Waals surface area contributed by atoms with E-state index >= 15 is 0 Å². The molecule has 1 unspecified atom stereocenters. The molecular weight excluding hydrogens is 668 g/mol. The van der Waals surface area contributed by atoms with Gasteiger partial charge in [-0.05, 0) is 48.1 Å². The predicted molar refractivity (Wildman–Crippen MR) is 183 cm³/mol. The molecule has 0 spiro atoms. The van der Waals surface area contributed by atoms with Crippen molar-refractivity contribution in [1.82, 2.24) is 14.8 Å². The van der Waals surface area contributed by atoms with E-state index in [9.17, 15) is 37.9 Å². The quantitative estimate of drug-likeness (QED) is 0.135. The lowest BCUT2D eigenvalue weighted by molar-refractivity contribution is -0.141. The second-order valence-electron chi connectivity index (χ2n) is 13.4. The van der Waals surface area contributed by atoms with Gasteiger partial charge in [-0.1, -0.05) is 51.1 Å². The van der Waals surface area contributed by atoms with Gasteiger partial charge >= 0.3 is 11.9 Å². The molecule has 1 heterocycles. The number of carboxylic acids is 2. The molecule has 1 fully saturated rings. The summed E-state index contributed by atoms with van der Waals surface area (Å²) in [6, 6.07) is 11.4. The number of halogens is 2. The lowest BCUT2D eigenvalue weighted by Gasteiger charge is -2.41. The minimum absolute atomic E-state index is 0.0231. The fourth-order valence-corrected chi connectivity index (χ4v) is 5.46. The molecule has 51 heavy (non-hydrogen) atoms. The van der Waals surface area contributed by atoms with E-state index in [4.69, 9.17) is 21.7 Å². The predicted octanol–water partition coefficient (Wildman–Crippen LogP) is 2.83. The summed E-state index contributed by atoms with van der Waals surface area (Å²) in [6.45, 7) is 5.46. The van der Waals surface area contributed by atoms with Crippen LogP contribution in [-0.2, 0) is 30.5 Å². The van der Waals surface area contributed by atoms with Crippen molar-refractivity contribution >= 4 is 29.5 Å². The number of nitrogens with two attached hydrogens (primary N) is 2. The third-order valence-electron chi connectivity index (χ3n) is 8.19. The number of amides is 2. The highest BCUT2D eigenvalue weighted by Crippen LogP contribution is 2.41. The second-order valence-corrected chi connectivity index (χ2v) is 13.4. The second kappa shape index (κ2) is 17.8. The first kappa shape index (κ1) is 40.4. The SMILES string of the molecule is CC(C)(C)[C@H](c1cc(-c2cc(F)ccc2F)cn1Cc1ccccc1)N(CC[C@H](N)C(=O)NC1CC1=O)C(=O)CO.N[C@H](CCC(=O)O)C(=O)O. The zero-order valence-corrected chi connectivity index (χ0v) is 28.7. The number of ketones is 1. The molecule has 4 atom stereocenters. The van der Waals surface area contributed by atoms with E-state index < -0.39 is 71.6 Å². The topological polar surface area (TPSA) is 218 Å². The van der Waals surface area contributed by atoms with Gasteiger partial charge in [-0.3, -0.25) is 24.0 Å². The normalized spacial score (nSPS) is 15.5. The van der Waals surface area contributed by atoms with Crippen LogP contribution in [-0.4, -0.2) is 85.6 Å². The standard InChI is InChI=1S/C31H36F2N4O4.C5H9NO4/c1-31(2,3)29(37(28(40)18-38)12-11-24(34)30(41)35-25-15-27(25)39)26-13-20(22-14-21(32)9-10-23(22)33)17-36(26)16-19-7-5-4-6-8-19;6-3(5(9)10)1-2-4(7)8/h4-10,13-14,17,24-25,29,38H,11-12,15-16,18,34H2,1-3H3,(H,35,41);3H,1-2,6H2,(H,7,8)(H,9,10)/t24-,25?,29-;3-/m01/s1. The third-order valence-corrected chi connectivity index (χ3v) is 8.19. The number of aromatic nitrogens is 1. The van der Waals surface area contributed by atoms with Gasteiger partial charge in [0.1, 0.15) is 24.3 Å². The Morgan fingerprint density at radius 1 is 1.00 bits per heavy atom. The maximum absolute atomic E-state index is 14.9. The number of nitrogens with one attached hydrogen (secondary N) is 1. The fourth-order valence-electron chi connectivity index (χ4n) is 5.46. The van der Waals surface area contributed by atoms with Crippen LogP contribution < -0.4 is 16.8 Å². The molecule has 0 bridgehead atoms. The summed E-state index contributed by atoms with van der Waals surface area (Å²) in [5.41, 5.74) is 12.6. The van der Waals surface area contributed by atoms with Crippen molar-refractivity contribution < 1.29 is 48.1 Å². The summed E-state index contributed by atoms with van der Waals surface area (Å²) in [5.74, 6) is -4.47. The monoisotopic (exact) mass is 713 g/mol. The Bertz CT molecular complexity index is 1710. The summed E-state index contributed by atoms with van der Waals surface area (Å²) in [5, 5.41) is 28.8. The van der Waals surface area contributed by atoms with Crippen molar-refractivity contribution in [3.63, 3.8) is 0 Å². The minimum Gasteiger partial charge on any atom is -0.481 e. The zero-order chi connectivity index (χ0) is 38.0. The summed E-state index contributed by atoms with van der Waals surface area (Å²) in [7, 11) is 0. The van der Waals surface area contributed by atoms with Crippen molar-refractivity contribution in [2.24, 2.45) is 16.9 Å². The maximum atomic E-state index is 14.9. The average Bonchev–Trinajstić information content (AvgIpc) is 3.62. The number of aliphatic carboxylic acids is 2. The highest BCUT2D eigenvalue weighted by atomic mass is 19.1. The number of carbonyl (C=O) groups excluding carboxylic acids is 3. The molecule has 0 radical (unpaired) electrons. The average molecular weight is 714 g/mol. The van der Waals surface area contributed by atoms with Gasteiger partial charge in [0, 0.05) is 48.9 Å². The molecule has 1 saturated carbocycles. The largest absolute Gasteiger partial charge is 0.481 e. The molecule has 4 rings (SSSR count). The molecule has 2 aromatic carbocycles. The van der Waals surface area contributed by atoms with Gasteiger partial charge in [-0.2, -0.15) is 0 Å². The lowest BCUT2D eigenvalue weighted by atomic mass is 9.82. The van der Waals surface area contributed by atoms with Crippen LogP contribution in [0.1, 0.15) is 63.8 Å². The Morgan fingerprint density at radius 2 is 1.65 bits per heavy atom. The molecular formula is C36H45F2N5O8. The van der Waals surface area contributed by atoms with E-state index in [0.29, 0.717) is 17.8 Å². The molecule has 8 N–H and O–H groups in total. The van der Waals surface area contributed by atoms with Gasteiger partial charge in [0.2, 0.25) is 11.8 Å². The fraction of sp³-hybridized carbons (Fsp3) is 0.417. The number of nitrogens with zero attached hydrogens (tertiary/aromatic N) is 2. The first-order valence-electron chi connectivity index (χ1n) is 16.3. The molecule has 15 heteroatoms. The maximum Gasteiger partial charge on any atom is 0.320 e. The smallest absolute Gasteiger partial charge is 0.320 e. The highest BCUT2D eigenvalue weighted by molar-refractivity contribution is 6.03. The summed E-state index contributed by atoms with van der Waals surface area (Å²) in [6.07, 6.45) is 1.87. The van der Waals surface area contributed by atoms with Crippen LogP contribution in [0.15, 0.2) is 60.8 Å². The van der Waals surface area contributed by atoms with Gasteiger partial charge in [0.05, 0.1) is 18.1 Å². The molecule has 13 nitrogen and oxygen atoms in total. The number of carbonyl (C=O) groups is 5. The van der Waals surface area contributed by atoms with Crippen LogP contribution in [0.25, 0.3) is 11.1 Å². The zero-order valence-electron chi connectivity index (χ0n) is 28.7. The summed E-state index contributed by atoms with van der Waals surface area (Å²) in [4.78, 5) is 58.4. The summed E-state index contributed by atoms with van der Waals surface area (Å²) < 4.78 is 30.9. The third kappa shape index (κ3) is 11.8. The minimum atomic E-state index is -1.17. The van der Waals surface area contributed by atoms with Crippen LogP contribution >= 0.6 is 0 Å². The molecule has 0 aliphatic heterocycles. The Balaban J connectivity index is 0.000000612. The number of rotatable bonds is 15. The van der Waals surface area contributed by atoms with Gasteiger partial charge in [-0.15, -0.1) is 0 Å².